The Labute approximate surface area is 134 Å². The SMILES string of the molecule is CN=C(NCC1CCOC1)N(C)Cc1ccc(C(F)(F)F)cc1. The van der Waals surface area contributed by atoms with E-state index in [0.29, 0.717) is 12.5 Å². The van der Waals surface area contributed by atoms with Crippen LogP contribution in [0.2, 0.25) is 0 Å². The third-order valence-electron chi connectivity index (χ3n) is 3.85. The predicted octanol–water partition coefficient (Wildman–Crippen LogP) is 2.75. The highest BCUT2D eigenvalue weighted by Crippen LogP contribution is 2.29. The zero-order chi connectivity index (χ0) is 16.9. The van der Waals surface area contributed by atoms with Crippen LogP contribution in [-0.2, 0) is 17.5 Å². The molecule has 1 heterocycles. The molecule has 1 fully saturated rings. The number of aliphatic imine (C=N–C) groups is 1. The predicted molar refractivity (Wildman–Crippen MR) is 83.2 cm³/mol. The first-order valence-corrected chi connectivity index (χ1v) is 7.56. The van der Waals surface area contributed by atoms with Crippen LogP contribution in [0.1, 0.15) is 17.5 Å². The number of nitrogens with one attached hydrogen (secondary N) is 1. The Morgan fingerprint density at radius 2 is 2.04 bits per heavy atom. The largest absolute Gasteiger partial charge is 0.416 e. The fourth-order valence-corrected chi connectivity index (χ4v) is 2.51. The van der Waals surface area contributed by atoms with Crippen molar-refractivity contribution in [2.24, 2.45) is 10.9 Å². The third kappa shape index (κ3) is 5.13. The number of hydrogen-bond acceptors (Lipinski definition) is 2. The summed E-state index contributed by atoms with van der Waals surface area (Å²) in [6, 6.07) is 5.21. The smallest absolute Gasteiger partial charge is 0.381 e. The van der Waals surface area contributed by atoms with Crippen LogP contribution in [0.3, 0.4) is 0 Å². The highest BCUT2D eigenvalue weighted by molar-refractivity contribution is 5.79. The van der Waals surface area contributed by atoms with E-state index in [1.54, 1.807) is 7.05 Å². The lowest BCUT2D eigenvalue weighted by Crippen LogP contribution is -2.40. The van der Waals surface area contributed by atoms with Gasteiger partial charge in [0.1, 0.15) is 0 Å². The molecule has 0 aliphatic carbocycles. The van der Waals surface area contributed by atoms with Gasteiger partial charge in [0, 0.05) is 39.7 Å². The number of hydrogen-bond donors (Lipinski definition) is 1. The van der Waals surface area contributed by atoms with E-state index in [0.717, 1.165) is 49.8 Å². The van der Waals surface area contributed by atoms with Crippen LogP contribution in [0.15, 0.2) is 29.3 Å². The standard InChI is InChI=1S/C16H22F3N3O/c1-20-15(21-9-13-7-8-23-11-13)22(2)10-12-3-5-14(6-4-12)16(17,18)19/h3-6,13H,7-11H2,1-2H3,(H,20,21). The minimum Gasteiger partial charge on any atom is -0.381 e. The summed E-state index contributed by atoms with van der Waals surface area (Å²) in [6.07, 6.45) is -3.27. The van der Waals surface area contributed by atoms with Crippen LogP contribution >= 0.6 is 0 Å². The summed E-state index contributed by atoms with van der Waals surface area (Å²) in [5, 5.41) is 3.28. The van der Waals surface area contributed by atoms with Crippen molar-refractivity contribution in [1.29, 1.82) is 0 Å². The first kappa shape index (κ1) is 17.6. The molecule has 23 heavy (non-hydrogen) atoms. The minimum atomic E-state index is -4.30. The molecule has 0 spiro atoms. The molecule has 128 valence electrons. The Morgan fingerprint density at radius 3 is 2.57 bits per heavy atom. The summed E-state index contributed by atoms with van der Waals surface area (Å²) < 4.78 is 43.0. The zero-order valence-corrected chi connectivity index (χ0v) is 13.4. The second kappa shape index (κ2) is 7.68. The van der Waals surface area contributed by atoms with E-state index in [2.05, 4.69) is 10.3 Å². The van der Waals surface area contributed by atoms with E-state index < -0.39 is 11.7 Å². The van der Waals surface area contributed by atoms with Gasteiger partial charge in [0.05, 0.1) is 12.2 Å². The van der Waals surface area contributed by atoms with Crippen molar-refractivity contribution in [2.45, 2.75) is 19.1 Å². The molecule has 4 nitrogen and oxygen atoms in total. The van der Waals surface area contributed by atoms with Crippen LogP contribution in [0, 0.1) is 5.92 Å². The summed E-state index contributed by atoms with van der Waals surface area (Å²) >= 11 is 0. The van der Waals surface area contributed by atoms with Crippen LogP contribution < -0.4 is 5.32 Å². The van der Waals surface area contributed by atoms with Crippen LogP contribution in [0.4, 0.5) is 13.2 Å². The Bertz CT molecular complexity index is 522. The summed E-state index contributed by atoms with van der Waals surface area (Å²) in [5.41, 5.74) is 0.167. The van der Waals surface area contributed by atoms with E-state index in [4.69, 9.17) is 4.74 Å². The van der Waals surface area contributed by atoms with Gasteiger partial charge in [-0.25, -0.2) is 0 Å². The number of nitrogens with zero attached hydrogens (tertiary/aromatic N) is 2. The maximum absolute atomic E-state index is 12.6. The molecule has 1 aliphatic heterocycles. The lowest BCUT2D eigenvalue weighted by molar-refractivity contribution is -0.137. The molecular formula is C16H22F3N3O. The average Bonchev–Trinajstić information content (AvgIpc) is 3.01. The maximum atomic E-state index is 12.6. The molecule has 0 bridgehead atoms. The molecule has 0 saturated carbocycles. The molecule has 1 atom stereocenters. The molecule has 2 rings (SSSR count). The van der Waals surface area contributed by atoms with Gasteiger partial charge in [-0.1, -0.05) is 12.1 Å². The first-order valence-electron chi connectivity index (χ1n) is 7.56. The van der Waals surface area contributed by atoms with Gasteiger partial charge in [-0.15, -0.1) is 0 Å². The monoisotopic (exact) mass is 329 g/mol. The molecule has 7 heteroatoms. The average molecular weight is 329 g/mol. The minimum absolute atomic E-state index is 0.478. The molecule has 1 saturated heterocycles. The molecule has 1 aliphatic rings. The number of halogens is 3. The van der Waals surface area contributed by atoms with Gasteiger partial charge in [-0.2, -0.15) is 13.2 Å². The zero-order valence-electron chi connectivity index (χ0n) is 13.4. The van der Waals surface area contributed by atoms with Crippen LogP contribution in [0.5, 0.6) is 0 Å². The molecule has 1 aromatic rings. The molecule has 1 N–H and O–H groups in total. The van der Waals surface area contributed by atoms with Gasteiger partial charge in [0.2, 0.25) is 0 Å². The lowest BCUT2D eigenvalue weighted by atomic mass is 10.1. The van der Waals surface area contributed by atoms with Crippen molar-refractivity contribution >= 4 is 5.96 Å². The van der Waals surface area contributed by atoms with E-state index in [1.807, 2.05) is 11.9 Å². The number of rotatable bonds is 4. The third-order valence-corrected chi connectivity index (χ3v) is 3.85. The second-order valence-corrected chi connectivity index (χ2v) is 5.71. The fourth-order valence-electron chi connectivity index (χ4n) is 2.51. The molecule has 0 amide bonds. The summed E-state index contributed by atoms with van der Waals surface area (Å²) in [7, 11) is 3.55. The van der Waals surface area contributed by atoms with E-state index in [-0.39, 0.29) is 0 Å². The van der Waals surface area contributed by atoms with Gasteiger partial charge in [-0.3, -0.25) is 4.99 Å². The van der Waals surface area contributed by atoms with Crippen molar-refractivity contribution in [2.75, 3.05) is 33.9 Å². The Hall–Kier alpha value is -1.76. The van der Waals surface area contributed by atoms with Crippen LogP contribution in [0.25, 0.3) is 0 Å². The number of guanidine groups is 1. The molecule has 0 radical (unpaired) electrons. The van der Waals surface area contributed by atoms with Gasteiger partial charge >= 0.3 is 6.18 Å². The quantitative estimate of drug-likeness (QED) is 0.682. The van der Waals surface area contributed by atoms with Crippen molar-refractivity contribution in [3.8, 4) is 0 Å². The maximum Gasteiger partial charge on any atom is 0.416 e. The number of ether oxygens (including phenoxy) is 1. The topological polar surface area (TPSA) is 36.9 Å². The second-order valence-electron chi connectivity index (χ2n) is 5.71. The van der Waals surface area contributed by atoms with Gasteiger partial charge in [0.15, 0.2) is 5.96 Å². The first-order chi connectivity index (χ1) is 10.9. The van der Waals surface area contributed by atoms with Gasteiger partial charge in [-0.05, 0) is 24.1 Å². The van der Waals surface area contributed by atoms with Crippen molar-refractivity contribution < 1.29 is 17.9 Å². The summed E-state index contributed by atoms with van der Waals surface area (Å²) in [6.45, 7) is 2.82. The summed E-state index contributed by atoms with van der Waals surface area (Å²) in [5.74, 6) is 1.20. The Morgan fingerprint density at radius 1 is 1.35 bits per heavy atom. The van der Waals surface area contributed by atoms with E-state index in [9.17, 15) is 13.2 Å². The summed E-state index contributed by atoms with van der Waals surface area (Å²) in [4.78, 5) is 6.10. The van der Waals surface area contributed by atoms with Crippen molar-refractivity contribution in [3.05, 3.63) is 35.4 Å². The highest BCUT2D eigenvalue weighted by Gasteiger charge is 2.29. The number of alkyl halides is 3. The highest BCUT2D eigenvalue weighted by atomic mass is 19.4. The van der Waals surface area contributed by atoms with Crippen LogP contribution in [-0.4, -0.2) is 44.7 Å². The fraction of sp³-hybridized carbons (Fsp3) is 0.562. The van der Waals surface area contributed by atoms with E-state index in [1.165, 1.54) is 12.1 Å². The number of benzene rings is 1. The van der Waals surface area contributed by atoms with Crippen molar-refractivity contribution in [3.63, 3.8) is 0 Å². The molecule has 0 aromatic heterocycles. The molecule has 1 aromatic carbocycles. The van der Waals surface area contributed by atoms with Gasteiger partial charge in [0.25, 0.3) is 0 Å². The van der Waals surface area contributed by atoms with Gasteiger partial charge < -0.3 is 15.0 Å². The normalized spacial score (nSPS) is 19.0. The van der Waals surface area contributed by atoms with E-state index >= 15 is 0 Å². The van der Waals surface area contributed by atoms with Crippen molar-refractivity contribution in [1.82, 2.24) is 10.2 Å². The Balaban J connectivity index is 1.89. The molecular weight excluding hydrogens is 307 g/mol. The lowest BCUT2D eigenvalue weighted by Gasteiger charge is -2.23. The molecule has 1 unspecified atom stereocenters. The Kier molecular flexibility index (Phi) is 5.87.